The molecule has 0 amide bonds. The summed E-state index contributed by atoms with van der Waals surface area (Å²) in [6.07, 6.45) is 0. The fraction of sp³-hybridized carbons (Fsp3) is 0.400. The van der Waals surface area contributed by atoms with Crippen LogP contribution in [-0.2, 0) is 0 Å². The minimum atomic E-state index is 0.848. The van der Waals surface area contributed by atoms with Gasteiger partial charge in [-0.2, -0.15) is 0 Å². The maximum Gasteiger partial charge on any atom is 0.0811 e. The molecule has 4 nitrogen and oxygen atoms in total. The van der Waals surface area contributed by atoms with Gasteiger partial charge in [0.2, 0.25) is 0 Å². The topological polar surface area (TPSA) is 45.4 Å². The van der Waals surface area contributed by atoms with Gasteiger partial charge in [0.05, 0.1) is 22.6 Å². The van der Waals surface area contributed by atoms with Gasteiger partial charge in [0.25, 0.3) is 0 Å². The number of nitrogen functional groups attached to an aromatic ring is 1. The van der Waals surface area contributed by atoms with Crippen molar-refractivity contribution in [1.29, 1.82) is 0 Å². The predicted molar refractivity (Wildman–Crippen MR) is 86.3 cm³/mol. The fourth-order valence-electron chi connectivity index (χ4n) is 2.66. The number of piperazine rings is 1. The summed E-state index contributed by atoms with van der Waals surface area (Å²) < 4.78 is 0. The first-order valence-electron chi connectivity index (χ1n) is 7.03. The van der Waals surface area contributed by atoms with Crippen LogP contribution in [0.2, 0.25) is 0 Å². The van der Waals surface area contributed by atoms with Crippen LogP contribution < -0.4 is 10.6 Å². The number of rotatable bonds is 3. The van der Waals surface area contributed by atoms with E-state index in [0.29, 0.717) is 0 Å². The molecule has 20 heavy (non-hydrogen) atoms. The summed E-state index contributed by atoms with van der Waals surface area (Å²) in [4.78, 5) is 9.18. The second-order valence-corrected chi connectivity index (χ2v) is 5.79. The Hall–Kier alpha value is -1.59. The van der Waals surface area contributed by atoms with Gasteiger partial charge in [0.1, 0.15) is 0 Å². The minimum Gasteiger partial charge on any atom is -0.397 e. The second-order valence-electron chi connectivity index (χ2n) is 5.07. The molecule has 106 valence electrons. The highest BCUT2D eigenvalue weighted by atomic mass is 32.1. The van der Waals surface area contributed by atoms with Crippen LogP contribution >= 0.6 is 11.3 Å². The molecule has 0 spiro atoms. The molecular weight excluding hydrogens is 268 g/mol. The van der Waals surface area contributed by atoms with E-state index in [-0.39, 0.29) is 0 Å². The molecule has 0 aliphatic carbocycles. The Labute approximate surface area is 123 Å². The molecule has 1 aromatic heterocycles. The average molecular weight is 288 g/mol. The number of thiazole rings is 1. The molecule has 0 radical (unpaired) electrons. The quantitative estimate of drug-likeness (QED) is 0.882. The number of anilines is 2. The van der Waals surface area contributed by atoms with Gasteiger partial charge in [-0.25, -0.2) is 4.98 Å². The standard InChI is InChI=1S/C15H20N4S/c1-2-18-5-7-19(8-6-18)15-4-3-12(9-13(15)16)14-10-20-11-17-14/h3-4,9-11H,2,5-8,16H2,1H3. The highest BCUT2D eigenvalue weighted by Gasteiger charge is 2.17. The lowest BCUT2D eigenvalue weighted by Crippen LogP contribution is -2.46. The fourth-order valence-corrected chi connectivity index (χ4v) is 3.22. The summed E-state index contributed by atoms with van der Waals surface area (Å²) in [5.74, 6) is 0. The summed E-state index contributed by atoms with van der Waals surface area (Å²) >= 11 is 1.61. The number of aromatic nitrogens is 1. The van der Waals surface area contributed by atoms with Crippen molar-refractivity contribution >= 4 is 22.7 Å². The monoisotopic (exact) mass is 288 g/mol. The summed E-state index contributed by atoms with van der Waals surface area (Å²) in [6.45, 7) is 7.68. The minimum absolute atomic E-state index is 0.848. The highest BCUT2D eigenvalue weighted by Crippen LogP contribution is 2.29. The Balaban J connectivity index is 1.78. The molecule has 1 saturated heterocycles. The number of hydrogen-bond donors (Lipinski definition) is 1. The van der Waals surface area contributed by atoms with E-state index in [2.05, 4.69) is 39.2 Å². The third-order valence-electron chi connectivity index (χ3n) is 3.92. The van der Waals surface area contributed by atoms with Crippen molar-refractivity contribution in [2.24, 2.45) is 0 Å². The molecule has 0 unspecified atom stereocenters. The van der Waals surface area contributed by atoms with E-state index in [1.54, 1.807) is 11.3 Å². The number of hydrogen-bond acceptors (Lipinski definition) is 5. The van der Waals surface area contributed by atoms with Crippen LogP contribution in [0.25, 0.3) is 11.3 Å². The molecule has 0 atom stereocenters. The smallest absolute Gasteiger partial charge is 0.0811 e. The molecule has 1 aliphatic rings. The van der Waals surface area contributed by atoms with E-state index in [1.807, 2.05) is 11.6 Å². The Bertz CT molecular complexity index is 559. The van der Waals surface area contributed by atoms with Crippen LogP contribution in [0.4, 0.5) is 11.4 Å². The summed E-state index contributed by atoms with van der Waals surface area (Å²) in [6, 6.07) is 6.29. The van der Waals surface area contributed by atoms with Crippen LogP contribution in [0, 0.1) is 0 Å². The molecule has 2 aromatic rings. The molecule has 0 bridgehead atoms. The number of benzene rings is 1. The van der Waals surface area contributed by atoms with Crippen LogP contribution in [0.5, 0.6) is 0 Å². The maximum atomic E-state index is 6.25. The Kier molecular flexibility index (Phi) is 3.89. The van der Waals surface area contributed by atoms with Gasteiger partial charge in [0.15, 0.2) is 0 Å². The van der Waals surface area contributed by atoms with Gasteiger partial charge in [-0.15, -0.1) is 11.3 Å². The van der Waals surface area contributed by atoms with E-state index in [0.717, 1.165) is 55.4 Å². The third-order valence-corrected chi connectivity index (χ3v) is 4.50. The van der Waals surface area contributed by atoms with Crippen molar-refractivity contribution in [3.8, 4) is 11.3 Å². The van der Waals surface area contributed by atoms with E-state index >= 15 is 0 Å². The van der Waals surface area contributed by atoms with Gasteiger partial charge >= 0.3 is 0 Å². The number of nitrogens with two attached hydrogens (primary N) is 1. The predicted octanol–water partition coefficient (Wildman–Crippen LogP) is 2.53. The van der Waals surface area contributed by atoms with Gasteiger partial charge in [-0.3, -0.25) is 0 Å². The van der Waals surface area contributed by atoms with Crippen molar-refractivity contribution in [2.75, 3.05) is 43.4 Å². The van der Waals surface area contributed by atoms with E-state index in [9.17, 15) is 0 Å². The molecule has 1 fully saturated rings. The summed E-state index contributed by atoms with van der Waals surface area (Å²) in [5, 5.41) is 2.05. The van der Waals surface area contributed by atoms with Crippen molar-refractivity contribution in [3.63, 3.8) is 0 Å². The van der Waals surface area contributed by atoms with Gasteiger partial charge in [-0.1, -0.05) is 13.0 Å². The molecule has 0 saturated carbocycles. The maximum absolute atomic E-state index is 6.25. The largest absolute Gasteiger partial charge is 0.397 e. The van der Waals surface area contributed by atoms with Crippen molar-refractivity contribution < 1.29 is 0 Å². The average Bonchev–Trinajstić information content (AvgIpc) is 3.01. The molecule has 2 N–H and O–H groups in total. The first kappa shape index (κ1) is 13.4. The van der Waals surface area contributed by atoms with Crippen molar-refractivity contribution in [2.45, 2.75) is 6.92 Å². The van der Waals surface area contributed by atoms with E-state index < -0.39 is 0 Å². The van der Waals surface area contributed by atoms with Gasteiger partial charge in [0, 0.05) is 37.1 Å². The van der Waals surface area contributed by atoms with Crippen molar-refractivity contribution in [1.82, 2.24) is 9.88 Å². The van der Waals surface area contributed by atoms with E-state index in [4.69, 9.17) is 5.73 Å². The summed E-state index contributed by atoms with van der Waals surface area (Å²) in [5.41, 5.74) is 12.2. The Morgan fingerprint density at radius 1 is 1.25 bits per heavy atom. The lowest BCUT2D eigenvalue weighted by Gasteiger charge is -2.36. The zero-order chi connectivity index (χ0) is 13.9. The number of nitrogens with zero attached hydrogens (tertiary/aromatic N) is 3. The zero-order valence-electron chi connectivity index (χ0n) is 11.7. The van der Waals surface area contributed by atoms with Crippen LogP contribution in [0.1, 0.15) is 6.92 Å². The lowest BCUT2D eigenvalue weighted by atomic mass is 10.1. The van der Waals surface area contributed by atoms with Gasteiger partial charge < -0.3 is 15.5 Å². The molecule has 1 aliphatic heterocycles. The first-order valence-corrected chi connectivity index (χ1v) is 7.97. The van der Waals surface area contributed by atoms with Gasteiger partial charge in [-0.05, 0) is 18.7 Å². The Morgan fingerprint density at radius 3 is 2.65 bits per heavy atom. The normalized spacial score (nSPS) is 16.6. The Morgan fingerprint density at radius 2 is 2.05 bits per heavy atom. The van der Waals surface area contributed by atoms with Crippen molar-refractivity contribution in [3.05, 3.63) is 29.1 Å². The van der Waals surface area contributed by atoms with E-state index in [1.165, 1.54) is 0 Å². The lowest BCUT2D eigenvalue weighted by molar-refractivity contribution is 0.271. The first-order chi connectivity index (χ1) is 9.78. The molecular formula is C15H20N4S. The molecule has 5 heteroatoms. The molecule has 1 aromatic carbocycles. The summed E-state index contributed by atoms with van der Waals surface area (Å²) in [7, 11) is 0. The van der Waals surface area contributed by atoms with Crippen LogP contribution in [-0.4, -0.2) is 42.6 Å². The van der Waals surface area contributed by atoms with Crippen LogP contribution in [0.3, 0.4) is 0 Å². The zero-order valence-corrected chi connectivity index (χ0v) is 12.6. The highest BCUT2D eigenvalue weighted by molar-refractivity contribution is 7.07. The van der Waals surface area contributed by atoms with Crippen LogP contribution in [0.15, 0.2) is 29.1 Å². The number of likely N-dealkylation sites (N-methyl/N-ethyl adjacent to an activating group) is 1. The third kappa shape index (κ3) is 2.64. The molecule has 2 heterocycles. The molecule has 3 rings (SSSR count). The second kappa shape index (κ2) is 5.81. The SMILES string of the molecule is CCN1CCN(c2ccc(-c3cscn3)cc2N)CC1.